The molecule has 0 aromatic carbocycles. The summed E-state index contributed by atoms with van der Waals surface area (Å²) in [6, 6.07) is 4.25. The fourth-order valence-corrected chi connectivity index (χ4v) is 2.27. The van der Waals surface area contributed by atoms with Gasteiger partial charge in [0.2, 0.25) is 0 Å². The van der Waals surface area contributed by atoms with Gasteiger partial charge in [0.1, 0.15) is 0 Å². The number of hydrogen-bond acceptors (Lipinski definition) is 3. The average molecular weight is 210 g/mol. The molecule has 0 aliphatic carbocycles. The molecule has 0 atom stereocenters. The Labute approximate surface area is 81.8 Å². The van der Waals surface area contributed by atoms with Crippen molar-refractivity contribution in [1.29, 1.82) is 0 Å². The molecule has 0 saturated carbocycles. The van der Waals surface area contributed by atoms with Gasteiger partial charge in [-0.25, -0.2) is 0 Å². The number of hydrogen-bond donors (Lipinski definition) is 1. The van der Waals surface area contributed by atoms with Crippen LogP contribution >= 0.6 is 35.5 Å². The summed E-state index contributed by atoms with van der Waals surface area (Å²) in [4.78, 5) is 1.44. The number of nitrogens with two attached hydrogens (primary N) is 1. The molecule has 0 unspecified atom stereocenters. The third-order valence-corrected chi connectivity index (χ3v) is 3.19. The van der Waals surface area contributed by atoms with Gasteiger partial charge in [-0.05, 0) is 11.4 Å². The van der Waals surface area contributed by atoms with Crippen molar-refractivity contribution in [1.82, 2.24) is 0 Å². The zero-order valence-corrected chi connectivity index (χ0v) is 8.60. The first kappa shape index (κ1) is 11.3. The average Bonchev–Trinajstić information content (AvgIpc) is 2.41. The van der Waals surface area contributed by atoms with Crippen LogP contribution in [0.4, 0.5) is 0 Å². The van der Waals surface area contributed by atoms with Crippen molar-refractivity contribution in [3.63, 3.8) is 0 Å². The minimum atomic E-state index is 0. The van der Waals surface area contributed by atoms with Crippen molar-refractivity contribution in [2.24, 2.45) is 5.73 Å². The molecule has 0 spiro atoms. The van der Waals surface area contributed by atoms with Crippen LogP contribution in [0.15, 0.2) is 17.5 Å². The number of rotatable bonds is 4. The second kappa shape index (κ2) is 6.98. The van der Waals surface area contributed by atoms with Crippen molar-refractivity contribution < 1.29 is 0 Å². The summed E-state index contributed by atoms with van der Waals surface area (Å²) in [5.74, 6) is 2.19. The zero-order chi connectivity index (χ0) is 7.23. The van der Waals surface area contributed by atoms with Gasteiger partial charge in [0.25, 0.3) is 0 Å². The lowest BCUT2D eigenvalue weighted by Crippen LogP contribution is -2.00. The highest BCUT2D eigenvalue weighted by Crippen LogP contribution is 2.15. The maximum Gasteiger partial charge on any atom is 0.0279 e. The van der Waals surface area contributed by atoms with Crippen LogP contribution in [0.1, 0.15) is 4.88 Å². The molecular formula is C7H12ClNS2. The minimum Gasteiger partial charge on any atom is -0.330 e. The largest absolute Gasteiger partial charge is 0.330 e. The predicted octanol–water partition coefficient (Wildman–Crippen LogP) is 2.36. The Morgan fingerprint density at radius 1 is 1.55 bits per heavy atom. The molecule has 0 amide bonds. The Morgan fingerprint density at radius 2 is 2.36 bits per heavy atom. The maximum atomic E-state index is 5.35. The first-order valence-electron chi connectivity index (χ1n) is 3.23. The van der Waals surface area contributed by atoms with Gasteiger partial charge in [-0.3, -0.25) is 0 Å². The van der Waals surface area contributed by atoms with E-state index in [4.69, 9.17) is 5.73 Å². The Bertz CT molecular complexity index is 165. The monoisotopic (exact) mass is 209 g/mol. The van der Waals surface area contributed by atoms with Crippen molar-refractivity contribution in [3.05, 3.63) is 22.4 Å². The Kier molecular flexibility index (Phi) is 7.17. The number of halogens is 1. The molecule has 11 heavy (non-hydrogen) atoms. The van der Waals surface area contributed by atoms with E-state index >= 15 is 0 Å². The fraction of sp³-hybridized carbons (Fsp3) is 0.429. The first-order valence-corrected chi connectivity index (χ1v) is 5.27. The van der Waals surface area contributed by atoms with Gasteiger partial charge in [-0.2, -0.15) is 11.8 Å². The van der Waals surface area contributed by atoms with E-state index < -0.39 is 0 Å². The normalized spacial score (nSPS) is 9.18. The van der Waals surface area contributed by atoms with Gasteiger partial charge < -0.3 is 5.73 Å². The fourth-order valence-electron chi connectivity index (χ4n) is 0.651. The van der Waals surface area contributed by atoms with Gasteiger partial charge >= 0.3 is 0 Å². The topological polar surface area (TPSA) is 26.0 Å². The van der Waals surface area contributed by atoms with Crippen LogP contribution in [0.25, 0.3) is 0 Å². The van der Waals surface area contributed by atoms with E-state index in [1.807, 2.05) is 23.1 Å². The molecule has 2 N–H and O–H groups in total. The van der Waals surface area contributed by atoms with Crippen LogP contribution in [0.2, 0.25) is 0 Å². The summed E-state index contributed by atoms with van der Waals surface area (Å²) in [6.45, 7) is 0.788. The van der Waals surface area contributed by atoms with Crippen molar-refractivity contribution in [3.8, 4) is 0 Å². The molecule has 64 valence electrons. The van der Waals surface area contributed by atoms with Crippen molar-refractivity contribution in [2.75, 3.05) is 12.3 Å². The molecular weight excluding hydrogens is 198 g/mol. The highest BCUT2D eigenvalue weighted by molar-refractivity contribution is 7.98. The molecule has 0 radical (unpaired) electrons. The lowest BCUT2D eigenvalue weighted by Gasteiger charge is -1.94. The molecule has 0 fully saturated rings. The first-order chi connectivity index (χ1) is 4.93. The summed E-state index contributed by atoms with van der Waals surface area (Å²) in [5, 5.41) is 2.11. The van der Waals surface area contributed by atoms with E-state index in [-0.39, 0.29) is 12.4 Å². The van der Waals surface area contributed by atoms with Crippen molar-refractivity contribution in [2.45, 2.75) is 5.75 Å². The lowest BCUT2D eigenvalue weighted by atomic mass is 10.5. The SMILES string of the molecule is Cl.NCCSCc1cccs1. The standard InChI is InChI=1S/C7H11NS2.ClH/c8-3-5-9-6-7-2-1-4-10-7;/h1-2,4H,3,5-6,8H2;1H. The minimum absolute atomic E-state index is 0. The predicted molar refractivity (Wildman–Crippen MR) is 56.8 cm³/mol. The number of thioether (sulfide) groups is 1. The molecule has 1 nitrogen and oxygen atoms in total. The molecule has 1 aromatic heterocycles. The van der Waals surface area contributed by atoms with Crippen LogP contribution < -0.4 is 5.73 Å². The third-order valence-electron chi connectivity index (χ3n) is 1.09. The molecule has 0 saturated heterocycles. The van der Waals surface area contributed by atoms with Crippen LogP contribution in [0.5, 0.6) is 0 Å². The van der Waals surface area contributed by atoms with Crippen molar-refractivity contribution >= 4 is 35.5 Å². The van der Waals surface area contributed by atoms with Crippen LogP contribution in [0.3, 0.4) is 0 Å². The molecule has 1 heterocycles. The molecule has 0 bridgehead atoms. The third kappa shape index (κ3) is 4.69. The van der Waals surface area contributed by atoms with Gasteiger partial charge in [0.05, 0.1) is 0 Å². The lowest BCUT2D eigenvalue weighted by molar-refractivity contribution is 1.15. The van der Waals surface area contributed by atoms with Gasteiger partial charge in [-0.15, -0.1) is 23.7 Å². The second-order valence-corrected chi connectivity index (χ2v) is 4.06. The van der Waals surface area contributed by atoms with E-state index in [1.54, 1.807) is 0 Å². The number of thiophene rings is 1. The van der Waals surface area contributed by atoms with Gasteiger partial charge in [-0.1, -0.05) is 6.07 Å². The Hall–Kier alpha value is 0.300. The van der Waals surface area contributed by atoms with Crippen LogP contribution in [-0.2, 0) is 5.75 Å². The summed E-state index contributed by atoms with van der Waals surface area (Å²) in [6.07, 6.45) is 0. The Balaban J connectivity index is 0.000001000. The molecule has 1 aromatic rings. The summed E-state index contributed by atoms with van der Waals surface area (Å²) in [5.41, 5.74) is 5.35. The van der Waals surface area contributed by atoms with E-state index in [2.05, 4.69) is 17.5 Å². The van der Waals surface area contributed by atoms with E-state index in [9.17, 15) is 0 Å². The molecule has 0 aliphatic heterocycles. The van der Waals surface area contributed by atoms with Crippen LogP contribution in [-0.4, -0.2) is 12.3 Å². The zero-order valence-electron chi connectivity index (χ0n) is 6.16. The highest BCUT2D eigenvalue weighted by Gasteiger charge is 1.91. The second-order valence-electron chi connectivity index (χ2n) is 1.92. The summed E-state index contributed by atoms with van der Waals surface area (Å²) in [7, 11) is 0. The van der Waals surface area contributed by atoms with E-state index in [0.29, 0.717) is 0 Å². The maximum absolute atomic E-state index is 5.35. The van der Waals surface area contributed by atoms with Gasteiger partial charge in [0.15, 0.2) is 0 Å². The van der Waals surface area contributed by atoms with E-state index in [1.165, 1.54) is 4.88 Å². The van der Waals surface area contributed by atoms with Crippen LogP contribution in [0, 0.1) is 0 Å². The summed E-state index contributed by atoms with van der Waals surface area (Å²) >= 11 is 3.71. The molecule has 4 heteroatoms. The molecule has 1 rings (SSSR count). The highest BCUT2D eigenvalue weighted by atomic mass is 35.5. The quantitative estimate of drug-likeness (QED) is 0.771. The van der Waals surface area contributed by atoms with E-state index in [0.717, 1.165) is 18.1 Å². The summed E-state index contributed by atoms with van der Waals surface area (Å²) < 4.78 is 0. The van der Waals surface area contributed by atoms with Gasteiger partial charge in [0, 0.05) is 22.9 Å². The Morgan fingerprint density at radius 3 is 2.91 bits per heavy atom. The molecule has 0 aliphatic rings. The smallest absolute Gasteiger partial charge is 0.0279 e.